The van der Waals surface area contributed by atoms with E-state index in [1.807, 2.05) is 66.7 Å². The molecule has 3 nitrogen and oxygen atoms in total. The number of amides is 1. The van der Waals surface area contributed by atoms with Gasteiger partial charge in [0.15, 0.2) is 0 Å². The first-order chi connectivity index (χ1) is 12.7. The van der Waals surface area contributed by atoms with Crippen LogP contribution in [0.1, 0.15) is 10.4 Å². The van der Waals surface area contributed by atoms with Gasteiger partial charge in [-0.25, -0.2) is 0 Å². The zero-order valence-electron chi connectivity index (χ0n) is 13.8. The van der Waals surface area contributed by atoms with Gasteiger partial charge < -0.3 is 5.32 Å². The molecule has 0 aliphatic heterocycles. The van der Waals surface area contributed by atoms with Gasteiger partial charge in [0.1, 0.15) is 0 Å². The minimum Gasteiger partial charge on any atom is -0.320 e. The van der Waals surface area contributed by atoms with E-state index in [4.69, 9.17) is 11.6 Å². The smallest absolute Gasteiger partial charge is 0.256 e. The summed E-state index contributed by atoms with van der Waals surface area (Å²) in [5, 5.41) is 4.47. The summed E-state index contributed by atoms with van der Waals surface area (Å²) in [6.45, 7) is 0. The lowest BCUT2D eigenvalue weighted by atomic mass is 9.99. The number of aromatic nitrogens is 1. The van der Waals surface area contributed by atoms with E-state index in [1.54, 1.807) is 18.3 Å². The largest absolute Gasteiger partial charge is 0.320 e. The summed E-state index contributed by atoms with van der Waals surface area (Å²) < 4.78 is 0. The molecule has 4 heteroatoms. The first-order valence-corrected chi connectivity index (χ1v) is 8.60. The van der Waals surface area contributed by atoms with E-state index in [0.717, 1.165) is 22.0 Å². The molecule has 0 saturated carbocycles. The van der Waals surface area contributed by atoms with Gasteiger partial charge in [0.2, 0.25) is 0 Å². The van der Waals surface area contributed by atoms with Crippen LogP contribution in [0, 0.1) is 0 Å². The van der Waals surface area contributed by atoms with Crippen LogP contribution in [0.25, 0.3) is 22.0 Å². The van der Waals surface area contributed by atoms with E-state index in [1.165, 1.54) is 0 Å². The summed E-state index contributed by atoms with van der Waals surface area (Å²) in [5.41, 5.74) is 3.75. The Bertz CT molecular complexity index is 1090. The highest BCUT2D eigenvalue weighted by Gasteiger charge is 2.15. The van der Waals surface area contributed by atoms with E-state index >= 15 is 0 Å². The highest BCUT2D eigenvalue weighted by molar-refractivity contribution is 6.31. The summed E-state index contributed by atoms with van der Waals surface area (Å²) >= 11 is 6.15. The van der Waals surface area contributed by atoms with Crippen LogP contribution in [0.2, 0.25) is 5.02 Å². The Morgan fingerprint density at radius 3 is 2.54 bits per heavy atom. The van der Waals surface area contributed by atoms with Crippen molar-refractivity contribution in [3.8, 4) is 11.1 Å². The highest BCUT2D eigenvalue weighted by atomic mass is 35.5. The van der Waals surface area contributed by atoms with Crippen molar-refractivity contribution >= 4 is 34.1 Å². The van der Waals surface area contributed by atoms with Crippen LogP contribution < -0.4 is 5.32 Å². The Hall–Kier alpha value is -3.17. The molecule has 0 aliphatic rings. The number of benzene rings is 3. The molecule has 1 heterocycles. The van der Waals surface area contributed by atoms with Crippen LogP contribution >= 0.6 is 11.6 Å². The number of halogens is 1. The molecule has 0 fully saturated rings. The third-order valence-corrected chi connectivity index (χ3v) is 4.43. The standard InChI is InChI=1S/C22H15ClN2O/c23-17-11-12-18(15-6-2-1-3-7-15)19(14-17)22(26)25-20-10-4-8-16-9-5-13-24-21(16)20/h1-14H,(H,25,26). The minimum absolute atomic E-state index is 0.218. The maximum atomic E-state index is 13.0. The van der Waals surface area contributed by atoms with Gasteiger partial charge >= 0.3 is 0 Å². The predicted molar refractivity (Wildman–Crippen MR) is 107 cm³/mol. The summed E-state index contributed by atoms with van der Waals surface area (Å²) in [7, 11) is 0. The van der Waals surface area contributed by atoms with Crippen molar-refractivity contribution in [3.63, 3.8) is 0 Å². The normalized spacial score (nSPS) is 10.7. The minimum atomic E-state index is -0.218. The quantitative estimate of drug-likeness (QED) is 0.502. The third-order valence-electron chi connectivity index (χ3n) is 4.19. The molecule has 4 aromatic rings. The van der Waals surface area contributed by atoms with Crippen molar-refractivity contribution in [2.75, 3.05) is 5.32 Å². The Balaban J connectivity index is 1.76. The first-order valence-electron chi connectivity index (χ1n) is 8.22. The molecule has 1 N–H and O–H groups in total. The molecule has 0 radical (unpaired) electrons. The van der Waals surface area contributed by atoms with E-state index in [2.05, 4.69) is 10.3 Å². The Morgan fingerprint density at radius 1 is 0.885 bits per heavy atom. The molecule has 0 spiro atoms. The summed E-state index contributed by atoms with van der Waals surface area (Å²) in [5.74, 6) is -0.218. The number of hydrogen-bond acceptors (Lipinski definition) is 2. The molecule has 1 aromatic heterocycles. The lowest BCUT2D eigenvalue weighted by molar-refractivity contribution is 0.102. The van der Waals surface area contributed by atoms with Crippen LogP contribution in [0.3, 0.4) is 0 Å². The molecule has 3 aromatic carbocycles. The van der Waals surface area contributed by atoms with Crippen LogP contribution in [0.15, 0.2) is 85.1 Å². The highest BCUT2D eigenvalue weighted by Crippen LogP contribution is 2.28. The average molecular weight is 359 g/mol. The number of carbonyl (C=O) groups is 1. The molecular formula is C22H15ClN2O. The lowest BCUT2D eigenvalue weighted by Gasteiger charge is -2.12. The fourth-order valence-electron chi connectivity index (χ4n) is 2.97. The number of carbonyl (C=O) groups excluding carboxylic acids is 1. The number of fused-ring (bicyclic) bond motifs is 1. The fraction of sp³-hybridized carbons (Fsp3) is 0. The fourth-order valence-corrected chi connectivity index (χ4v) is 3.14. The molecule has 126 valence electrons. The third kappa shape index (κ3) is 3.17. The summed E-state index contributed by atoms with van der Waals surface area (Å²) in [4.78, 5) is 17.4. The van der Waals surface area contributed by atoms with Crippen molar-refractivity contribution in [2.24, 2.45) is 0 Å². The van der Waals surface area contributed by atoms with Crippen molar-refractivity contribution in [1.29, 1.82) is 0 Å². The number of pyridine rings is 1. The Kier molecular flexibility index (Phi) is 4.38. The second-order valence-corrected chi connectivity index (χ2v) is 6.33. The lowest BCUT2D eigenvalue weighted by Crippen LogP contribution is -2.13. The Morgan fingerprint density at radius 2 is 1.69 bits per heavy atom. The van der Waals surface area contributed by atoms with Gasteiger partial charge in [0.25, 0.3) is 5.91 Å². The number of anilines is 1. The number of rotatable bonds is 3. The second kappa shape index (κ2) is 6.98. The number of hydrogen-bond donors (Lipinski definition) is 1. The molecule has 4 rings (SSSR count). The zero-order valence-corrected chi connectivity index (χ0v) is 14.6. The van der Waals surface area contributed by atoms with Gasteiger partial charge in [-0.1, -0.05) is 66.2 Å². The van der Waals surface area contributed by atoms with E-state index < -0.39 is 0 Å². The van der Waals surface area contributed by atoms with Crippen LogP contribution in [0.4, 0.5) is 5.69 Å². The van der Waals surface area contributed by atoms with Crippen molar-refractivity contribution < 1.29 is 4.79 Å². The topological polar surface area (TPSA) is 42.0 Å². The van der Waals surface area contributed by atoms with Gasteiger partial charge in [-0.05, 0) is 35.4 Å². The number of nitrogens with one attached hydrogen (secondary N) is 1. The molecule has 1 amide bonds. The summed E-state index contributed by atoms with van der Waals surface area (Å²) in [6.07, 6.45) is 1.72. The van der Waals surface area contributed by atoms with Gasteiger partial charge in [0, 0.05) is 22.2 Å². The van der Waals surface area contributed by atoms with Gasteiger partial charge in [-0.15, -0.1) is 0 Å². The monoisotopic (exact) mass is 358 g/mol. The molecular weight excluding hydrogens is 344 g/mol. The van der Waals surface area contributed by atoms with Crippen molar-refractivity contribution in [2.45, 2.75) is 0 Å². The second-order valence-electron chi connectivity index (χ2n) is 5.89. The first kappa shape index (κ1) is 16.3. The van der Waals surface area contributed by atoms with Crippen LogP contribution in [0.5, 0.6) is 0 Å². The van der Waals surface area contributed by atoms with E-state index in [-0.39, 0.29) is 5.91 Å². The SMILES string of the molecule is O=C(Nc1cccc2cccnc12)c1cc(Cl)ccc1-c1ccccc1. The van der Waals surface area contributed by atoms with Crippen LogP contribution in [-0.2, 0) is 0 Å². The van der Waals surface area contributed by atoms with E-state index in [9.17, 15) is 4.79 Å². The van der Waals surface area contributed by atoms with Crippen molar-refractivity contribution in [3.05, 3.63) is 95.6 Å². The van der Waals surface area contributed by atoms with Crippen molar-refractivity contribution in [1.82, 2.24) is 4.98 Å². The molecule has 0 aliphatic carbocycles. The zero-order chi connectivity index (χ0) is 17.9. The van der Waals surface area contributed by atoms with Gasteiger partial charge in [-0.3, -0.25) is 9.78 Å². The predicted octanol–water partition coefficient (Wildman–Crippen LogP) is 5.81. The summed E-state index contributed by atoms with van der Waals surface area (Å²) in [6, 6.07) is 24.7. The molecule has 0 atom stereocenters. The molecule has 0 unspecified atom stereocenters. The molecule has 0 bridgehead atoms. The van der Waals surface area contributed by atoms with Gasteiger partial charge in [0.05, 0.1) is 11.2 Å². The van der Waals surface area contributed by atoms with Crippen LogP contribution in [-0.4, -0.2) is 10.9 Å². The molecule has 26 heavy (non-hydrogen) atoms. The molecule has 0 saturated heterocycles. The Labute approximate surface area is 156 Å². The maximum Gasteiger partial charge on any atom is 0.256 e. The maximum absolute atomic E-state index is 13.0. The number of para-hydroxylation sites is 1. The van der Waals surface area contributed by atoms with Gasteiger partial charge in [-0.2, -0.15) is 0 Å². The number of nitrogens with zero attached hydrogens (tertiary/aromatic N) is 1. The van der Waals surface area contributed by atoms with E-state index in [0.29, 0.717) is 16.3 Å². The average Bonchev–Trinajstić information content (AvgIpc) is 2.69.